The van der Waals surface area contributed by atoms with Gasteiger partial charge in [0.1, 0.15) is 0 Å². The molecule has 27 heavy (non-hydrogen) atoms. The van der Waals surface area contributed by atoms with Gasteiger partial charge >= 0.3 is 6.03 Å². The van der Waals surface area contributed by atoms with Gasteiger partial charge in [0.15, 0.2) is 0 Å². The number of piperidine rings is 1. The normalized spacial score (nSPS) is 15.8. The highest BCUT2D eigenvalue weighted by Gasteiger charge is 2.25. The minimum atomic E-state index is -0.0748. The van der Waals surface area contributed by atoms with Crippen LogP contribution in [0.4, 0.5) is 4.79 Å². The van der Waals surface area contributed by atoms with E-state index in [0.29, 0.717) is 13.1 Å². The Morgan fingerprint density at radius 2 is 1.59 bits per heavy atom. The summed E-state index contributed by atoms with van der Waals surface area (Å²) in [5, 5.41) is 6.15. The van der Waals surface area contributed by atoms with Crippen LogP contribution in [0, 0.1) is 0 Å². The molecule has 1 atom stereocenters. The molecule has 2 aromatic rings. The molecule has 3 amide bonds. The highest BCUT2D eigenvalue weighted by atomic mass is 16.2. The molecular weight excluding hydrogens is 338 g/mol. The van der Waals surface area contributed by atoms with Gasteiger partial charge in [0.25, 0.3) is 0 Å². The van der Waals surface area contributed by atoms with Crippen molar-refractivity contribution >= 4 is 11.9 Å². The number of hydrogen-bond acceptors (Lipinski definition) is 2. The van der Waals surface area contributed by atoms with Gasteiger partial charge < -0.3 is 15.5 Å². The lowest BCUT2D eigenvalue weighted by Crippen LogP contribution is -2.49. The third-order valence-electron chi connectivity index (χ3n) is 4.97. The fourth-order valence-corrected chi connectivity index (χ4v) is 3.54. The fourth-order valence-electron chi connectivity index (χ4n) is 3.54. The molecule has 1 heterocycles. The lowest BCUT2D eigenvalue weighted by Gasteiger charge is -2.33. The number of nitrogens with zero attached hydrogens (tertiary/aromatic N) is 1. The molecule has 142 valence electrons. The molecule has 0 bridgehead atoms. The molecule has 5 heteroatoms. The quantitative estimate of drug-likeness (QED) is 0.854. The molecule has 1 aliphatic heterocycles. The van der Waals surface area contributed by atoms with Crippen LogP contribution in [-0.2, 0) is 11.2 Å². The standard InChI is InChI=1S/C22H27N3O2/c1-17(26)23-20-12-14-25(15-13-20)22(27)24-21(19-10-6-3-7-11-19)16-18-8-4-2-5-9-18/h2-11,20-21H,12-16H2,1H3,(H,23,26)(H,24,27). The largest absolute Gasteiger partial charge is 0.353 e. The van der Waals surface area contributed by atoms with Gasteiger partial charge in [0, 0.05) is 26.1 Å². The van der Waals surface area contributed by atoms with Crippen LogP contribution in [0.2, 0.25) is 0 Å². The summed E-state index contributed by atoms with van der Waals surface area (Å²) in [5.41, 5.74) is 2.29. The van der Waals surface area contributed by atoms with Crippen molar-refractivity contribution in [3.8, 4) is 0 Å². The summed E-state index contributed by atoms with van der Waals surface area (Å²) in [5.74, 6) is -0.00935. The first-order valence-corrected chi connectivity index (χ1v) is 9.53. The van der Waals surface area contributed by atoms with E-state index in [1.165, 1.54) is 12.5 Å². The molecule has 0 spiro atoms. The van der Waals surface area contributed by atoms with Crippen LogP contribution in [0.5, 0.6) is 0 Å². The number of rotatable bonds is 5. The molecule has 0 saturated carbocycles. The van der Waals surface area contributed by atoms with Crippen LogP contribution in [0.25, 0.3) is 0 Å². The number of likely N-dealkylation sites (tertiary alicyclic amines) is 1. The smallest absolute Gasteiger partial charge is 0.317 e. The SMILES string of the molecule is CC(=O)NC1CCN(C(=O)NC(Cc2ccccc2)c2ccccc2)CC1. The number of hydrogen-bond donors (Lipinski definition) is 2. The predicted octanol–water partition coefficient (Wildman–Crippen LogP) is 3.28. The van der Waals surface area contributed by atoms with Gasteiger partial charge in [-0.3, -0.25) is 4.79 Å². The zero-order valence-electron chi connectivity index (χ0n) is 15.7. The van der Waals surface area contributed by atoms with Crippen LogP contribution in [0.15, 0.2) is 60.7 Å². The summed E-state index contributed by atoms with van der Waals surface area (Å²) < 4.78 is 0. The molecule has 0 aliphatic carbocycles. The van der Waals surface area contributed by atoms with Gasteiger partial charge in [0.2, 0.25) is 5.91 Å². The Morgan fingerprint density at radius 1 is 1.00 bits per heavy atom. The Kier molecular flexibility index (Phi) is 6.47. The Balaban J connectivity index is 1.63. The van der Waals surface area contributed by atoms with Crippen LogP contribution >= 0.6 is 0 Å². The van der Waals surface area contributed by atoms with Crippen LogP contribution in [0.1, 0.15) is 36.9 Å². The Bertz CT molecular complexity index is 741. The van der Waals surface area contributed by atoms with E-state index >= 15 is 0 Å². The summed E-state index contributed by atoms with van der Waals surface area (Å²) >= 11 is 0. The summed E-state index contributed by atoms with van der Waals surface area (Å²) in [6, 6.07) is 20.3. The van der Waals surface area contributed by atoms with Crippen molar-refractivity contribution in [2.75, 3.05) is 13.1 Å². The molecule has 2 aromatic carbocycles. The van der Waals surface area contributed by atoms with E-state index in [-0.39, 0.29) is 24.0 Å². The Morgan fingerprint density at radius 3 is 2.19 bits per heavy atom. The summed E-state index contributed by atoms with van der Waals surface area (Å²) in [4.78, 5) is 25.9. The summed E-state index contributed by atoms with van der Waals surface area (Å²) in [6.45, 7) is 2.85. The molecule has 0 radical (unpaired) electrons. The maximum atomic E-state index is 12.8. The first-order chi connectivity index (χ1) is 13.1. The number of nitrogens with one attached hydrogen (secondary N) is 2. The average molecular weight is 365 g/mol. The highest BCUT2D eigenvalue weighted by molar-refractivity contribution is 5.75. The van der Waals surface area contributed by atoms with Gasteiger partial charge in [-0.15, -0.1) is 0 Å². The van der Waals surface area contributed by atoms with Crippen molar-refractivity contribution < 1.29 is 9.59 Å². The van der Waals surface area contributed by atoms with Gasteiger partial charge in [-0.05, 0) is 30.4 Å². The first-order valence-electron chi connectivity index (χ1n) is 9.53. The predicted molar refractivity (Wildman–Crippen MR) is 106 cm³/mol. The maximum absolute atomic E-state index is 12.8. The zero-order chi connectivity index (χ0) is 19.1. The molecule has 0 aromatic heterocycles. The van der Waals surface area contributed by atoms with Crippen LogP contribution in [-0.4, -0.2) is 36.0 Å². The third-order valence-corrected chi connectivity index (χ3v) is 4.97. The molecule has 1 saturated heterocycles. The molecule has 3 rings (SSSR count). The van der Waals surface area contributed by atoms with E-state index in [4.69, 9.17) is 0 Å². The van der Waals surface area contributed by atoms with E-state index in [2.05, 4.69) is 34.9 Å². The number of carbonyl (C=O) groups is 2. The van der Waals surface area contributed by atoms with Crippen molar-refractivity contribution in [3.05, 3.63) is 71.8 Å². The lowest BCUT2D eigenvalue weighted by molar-refractivity contribution is -0.119. The third kappa shape index (κ3) is 5.58. The highest BCUT2D eigenvalue weighted by Crippen LogP contribution is 2.20. The van der Waals surface area contributed by atoms with Crippen molar-refractivity contribution in [2.24, 2.45) is 0 Å². The van der Waals surface area contributed by atoms with Crippen molar-refractivity contribution in [1.29, 1.82) is 0 Å². The molecule has 2 N–H and O–H groups in total. The van der Waals surface area contributed by atoms with E-state index in [0.717, 1.165) is 24.8 Å². The second kappa shape index (κ2) is 9.21. The average Bonchev–Trinajstić information content (AvgIpc) is 2.69. The first kappa shape index (κ1) is 19.0. The van der Waals surface area contributed by atoms with E-state index < -0.39 is 0 Å². The number of carbonyl (C=O) groups excluding carboxylic acids is 2. The monoisotopic (exact) mass is 365 g/mol. The molecule has 5 nitrogen and oxygen atoms in total. The lowest BCUT2D eigenvalue weighted by atomic mass is 9.99. The fraction of sp³-hybridized carbons (Fsp3) is 0.364. The topological polar surface area (TPSA) is 61.4 Å². The van der Waals surface area contributed by atoms with Gasteiger partial charge in [-0.2, -0.15) is 0 Å². The van der Waals surface area contributed by atoms with E-state index in [1.54, 1.807) is 0 Å². The molecule has 1 aliphatic rings. The Hall–Kier alpha value is -2.82. The van der Waals surface area contributed by atoms with Gasteiger partial charge in [-0.1, -0.05) is 60.7 Å². The number of urea groups is 1. The zero-order valence-corrected chi connectivity index (χ0v) is 15.7. The van der Waals surface area contributed by atoms with E-state index in [9.17, 15) is 9.59 Å². The number of benzene rings is 2. The van der Waals surface area contributed by atoms with Gasteiger partial charge in [0.05, 0.1) is 6.04 Å². The van der Waals surface area contributed by atoms with Crippen molar-refractivity contribution in [3.63, 3.8) is 0 Å². The molecular formula is C22H27N3O2. The minimum absolute atomic E-state index is 0.00935. The van der Waals surface area contributed by atoms with Crippen LogP contribution in [0.3, 0.4) is 0 Å². The Labute approximate surface area is 160 Å². The van der Waals surface area contributed by atoms with Crippen molar-refractivity contribution in [1.82, 2.24) is 15.5 Å². The number of amides is 3. The molecule has 1 fully saturated rings. The summed E-state index contributed by atoms with van der Waals surface area (Å²) in [6.07, 6.45) is 2.34. The second-order valence-electron chi connectivity index (χ2n) is 7.06. The maximum Gasteiger partial charge on any atom is 0.317 e. The van der Waals surface area contributed by atoms with Gasteiger partial charge in [-0.25, -0.2) is 4.79 Å². The second-order valence-corrected chi connectivity index (χ2v) is 7.06. The van der Waals surface area contributed by atoms with Crippen LogP contribution < -0.4 is 10.6 Å². The van der Waals surface area contributed by atoms with E-state index in [1.807, 2.05) is 41.3 Å². The molecule has 1 unspecified atom stereocenters. The minimum Gasteiger partial charge on any atom is -0.353 e. The van der Waals surface area contributed by atoms with Crippen molar-refractivity contribution in [2.45, 2.75) is 38.3 Å². The summed E-state index contributed by atoms with van der Waals surface area (Å²) in [7, 11) is 0.